The summed E-state index contributed by atoms with van der Waals surface area (Å²) in [5.41, 5.74) is 0. The third kappa shape index (κ3) is 1.72. The van der Waals surface area contributed by atoms with Crippen LogP contribution < -0.4 is 5.32 Å². The van der Waals surface area contributed by atoms with Crippen molar-refractivity contribution in [2.75, 3.05) is 6.54 Å². The van der Waals surface area contributed by atoms with Gasteiger partial charge in [-0.2, -0.15) is 0 Å². The first-order valence-corrected chi connectivity index (χ1v) is 4.26. The Hall–Kier alpha value is -0.120. The quantitative estimate of drug-likeness (QED) is 0.493. The Morgan fingerprint density at radius 1 is 1.45 bits per heavy atom. The molecule has 3 heteroatoms. The summed E-state index contributed by atoms with van der Waals surface area (Å²) in [6.07, 6.45) is 0.120. The average Bonchev–Trinajstić information content (AvgIpc) is 2.01. The topological polar surface area (TPSA) is 52.5 Å². The molecule has 1 aliphatic rings. The molecule has 1 heterocycles. The number of rotatable bonds is 1. The standard InChI is InChI=1S/C8H17NO2/c1-3-6-8(11)5(2)7(10)4-9-6/h5-11H,3-4H2,1-2H3/t5-,6-,7+,8+/m1/s1. The van der Waals surface area contributed by atoms with Gasteiger partial charge >= 0.3 is 0 Å². The van der Waals surface area contributed by atoms with Gasteiger partial charge in [-0.25, -0.2) is 0 Å². The van der Waals surface area contributed by atoms with Gasteiger partial charge in [0.2, 0.25) is 0 Å². The first-order chi connectivity index (χ1) is 5.16. The molecule has 0 amide bonds. The van der Waals surface area contributed by atoms with Gasteiger partial charge in [0.05, 0.1) is 12.2 Å². The van der Waals surface area contributed by atoms with Gasteiger partial charge in [-0.15, -0.1) is 0 Å². The van der Waals surface area contributed by atoms with Gasteiger partial charge in [0.15, 0.2) is 0 Å². The largest absolute Gasteiger partial charge is 0.391 e. The number of aliphatic hydroxyl groups is 2. The Balaban J connectivity index is 2.52. The molecule has 3 N–H and O–H groups in total. The lowest BCUT2D eigenvalue weighted by molar-refractivity contribution is -0.0295. The van der Waals surface area contributed by atoms with E-state index in [2.05, 4.69) is 5.32 Å². The Morgan fingerprint density at radius 2 is 2.09 bits per heavy atom. The molecule has 1 rings (SSSR count). The van der Waals surface area contributed by atoms with Crippen molar-refractivity contribution in [2.45, 2.75) is 38.5 Å². The SMILES string of the molecule is CC[C@H]1NC[C@H](O)[C@@H](C)[C@@H]1O. The Labute approximate surface area is 67.4 Å². The van der Waals surface area contributed by atoms with Gasteiger partial charge in [-0.05, 0) is 6.42 Å². The lowest BCUT2D eigenvalue weighted by atomic mass is 9.87. The monoisotopic (exact) mass is 159 g/mol. The van der Waals surface area contributed by atoms with E-state index in [1.54, 1.807) is 0 Å². The lowest BCUT2D eigenvalue weighted by Crippen LogP contribution is -2.55. The van der Waals surface area contributed by atoms with E-state index in [9.17, 15) is 10.2 Å². The summed E-state index contributed by atoms with van der Waals surface area (Å²) < 4.78 is 0. The van der Waals surface area contributed by atoms with E-state index in [-0.39, 0.29) is 12.0 Å². The highest BCUT2D eigenvalue weighted by Crippen LogP contribution is 2.18. The molecule has 0 aromatic rings. The maximum Gasteiger partial charge on any atom is 0.0743 e. The van der Waals surface area contributed by atoms with Crippen molar-refractivity contribution in [3.8, 4) is 0 Å². The molecular weight excluding hydrogens is 142 g/mol. The average molecular weight is 159 g/mol. The van der Waals surface area contributed by atoms with Gasteiger partial charge < -0.3 is 15.5 Å². The second-order valence-electron chi connectivity index (χ2n) is 3.34. The maximum atomic E-state index is 9.59. The molecule has 0 aliphatic carbocycles. The summed E-state index contributed by atoms with van der Waals surface area (Å²) in [4.78, 5) is 0. The molecule has 1 saturated heterocycles. The van der Waals surface area contributed by atoms with Crippen molar-refractivity contribution in [1.82, 2.24) is 5.32 Å². The van der Waals surface area contributed by atoms with Crippen molar-refractivity contribution in [1.29, 1.82) is 0 Å². The molecule has 0 bridgehead atoms. The minimum absolute atomic E-state index is 0.00111. The molecule has 0 radical (unpaired) electrons. The van der Waals surface area contributed by atoms with Crippen molar-refractivity contribution < 1.29 is 10.2 Å². The second kappa shape index (κ2) is 3.52. The van der Waals surface area contributed by atoms with Gasteiger partial charge in [0.25, 0.3) is 0 Å². The van der Waals surface area contributed by atoms with Gasteiger partial charge in [-0.1, -0.05) is 13.8 Å². The van der Waals surface area contributed by atoms with Crippen LogP contribution in [0.5, 0.6) is 0 Å². The van der Waals surface area contributed by atoms with Gasteiger partial charge in [0.1, 0.15) is 0 Å². The molecule has 0 aromatic carbocycles. The molecule has 0 saturated carbocycles. The fourth-order valence-corrected chi connectivity index (χ4v) is 1.56. The van der Waals surface area contributed by atoms with E-state index in [1.165, 1.54) is 0 Å². The Kier molecular flexibility index (Phi) is 2.87. The van der Waals surface area contributed by atoms with Crippen LogP contribution >= 0.6 is 0 Å². The van der Waals surface area contributed by atoms with E-state index in [0.29, 0.717) is 6.54 Å². The summed E-state index contributed by atoms with van der Waals surface area (Å²) in [6.45, 7) is 4.53. The summed E-state index contributed by atoms with van der Waals surface area (Å²) >= 11 is 0. The van der Waals surface area contributed by atoms with Gasteiger partial charge in [0, 0.05) is 18.5 Å². The Bertz CT molecular complexity index is 127. The van der Waals surface area contributed by atoms with E-state index >= 15 is 0 Å². The number of piperidine rings is 1. The normalized spacial score (nSPS) is 45.8. The number of β-amino-alcohol motifs (C(OH)–C–C–N with tert-alkyl or cyclic N) is 1. The molecule has 4 atom stereocenters. The number of hydrogen-bond donors (Lipinski definition) is 3. The Morgan fingerprint density at radius 3 is 2.64 bits per heavy atom. The fraction of sp³-hybridized carbons (Fsp3) is 1.00. The smallest absolute Gasteiger partial charge is 0.0743 e. The van der Waals surface area contributed by atoms with Crippen LogP contribution in [0, 0.1) is 5.92 Å². The van der Waals surface area contributed by atoms with Gasteiger partial charge in [-0.3, -0.25) is 0 Å². The lowest BCUT2D eigenvalue weighted by Gasteiger charge is -2.36. The zero-order valence-corrected chi connectivity index (χ0v) is 7.12. The summed E-state index contributed by atoms with van der Waals surface area (Å²) in [5.74, 6) is 0.00111. The predicted molar refractivity (Wildman–Crippen MR) is 43.3 cm³/mol. The zero-order chi connectivity index (χ0) is 8.43. The first-order valence-electron chi connectivity index (χ1n) is 4.26. The molecule has 0 aromatic heterocycles. The number of nitrogens with one attached hydrogen (secondary N) is 1. The number of hydrogen-bond acceptors (Lipinski definition) is 3. The van der Waals surface area contributed by atoms with Crippen LogP contribution in [0.2, 0.25) is 0 Å². The molecule has 1 fully saturated rings. The van der Waals surface area contributed by atoms with Crippen LogP contribution in [0.1, 0.15) is 20.3 Å². The van der Waals surface area contributed by atoms with Crippen LogP contribution in [0.25, 0.3) is 0 Å². The van der Waals surface area contributed by atoms with Crippen molar-refractivity contribution in [2.24, 2.45) is 5.92 Å². The number of aliphatic hydroxyl groups excluding tert-OH is 2. The highest BCUT2D eigenvalue weighted by molar-refractivity contribution is 4.88. The highest BCUT2D eigenvalue weighted by atomic mass is 16.3. The minimum Gasteiger partial charge on any atom is -0.391 e. The van der Waals surface area contributed by atoms with Crippen LogP contribution in [0.3, 0.4) is 0 Å². The molecule has 3 nitrogen and oxygen atoms in total. The highest BCUT2D eigenvalue weighted by Gasteiger charge is 2.32. The van der Waals surface area contributed by atoms with Crippen LogP contribution in [-0.4, -0.2) is 35.0 Å². The minimum atomic E-state index is -0.399. The predicted octanol–water partition coefficient (Wildman–Crippen LogP) is -0.274. The van der Waals surface area contributed by atoms with Crippen molar-refractivity contribution in [3.05, 3.63) is 0 Å². The maximum absolute atomic E-state index is 9.59. The summed E-state index contributed by atoms with van der Waals surface area (Å²) in [7, 11) is 0. The van der Waals surface area contributed by atoms with Crippen molar-refractivity contribution >= 4 is 0 Å². The molecule has 1 aliphatic heterocycles. The van der Waals surface area contributed by atoms with E-state index < -0.39 is 12.2 Å². The van der Waals surface area contributed by atoms with Crippen molar-refractivity contribution in [3.63, 3.8) is 0 Å². The van der Waals surface area contributed by atoms with Crippen LogP contribution in [-0.2, 0) is 0 Å². The third-order valence-corrected chi connectivity index (χ3v) is 2.59. The van der Waals surface area contributed by atoms with E-state index in [1.807, 2.05) is 13.8 Å². The molecule has 66 valence electrons. The third-order valence-electron chi connectivity index (χ3n) is 2.59. The summed E-state index contributed by atoms with van der Waals surface area (Å²) in [6, 6.07) is 0.161. The van der Waals surface area contributed by atoms with Crippen LogP contribution in [0.4, 0.5) is 0 Å². The zero-order valence-electron chi connectivity index (χ0n) is 7.12. The molecular formula is C8H17NO2. The molecule has 11 heavy (non-hydrogen) atoms. The fourth-order valence-electron chi connectivity index (χ4n) is 1.56. The van der Waals surface area contributed by atoms with Crippen LogP contribution in [0.15, 0.2) is 0 Å². The van der Waals surface area contributed by atoms with E-state index in [4.69, 9.17) is 0 Å². The summed E-state index contributed by atoms with van der Waals surface area (Å²) in [5, 5.41) is 22.0. The second-order valence-corrected chi connectivity index (χ2v) is 3.34. The first kappa shape index (κ1) is 8.97. The van der Waals surface area contributed by atoms with E-state index in [0.717, 1.165) is 6.42 Å². The molecule has 0 unspecified atom stereocenters. The molecule has 0 spiro atoms.